The smallest absolute Gasteiger partial charge is 0.243 e. The number of piperidine rings is 1. The van der Waals surface area contributed by atoms with E-state index in [1.54, 1.807) is 29.6 Å². The molecular formula is C22H29NO5S. The first-order valence-electron chi connectivity index (χ1n) is 9.89. The van der Waals surface area contributed by atoms with Gasteiger partial charge in [-0.25, -0.2) is 8.42 Å². The van der Waals surface area contributed by atoms with Gasteiger partial charge in [0.2, 0.25) is 10.0 Å². The molecule has 29 heavy (non-hydrogen) atoms. The van der Waals surface area contributed by atoms with Crippen LogP contribution >= 0.6 is 0 Å². The minimum atomic E-state index is -3.52. The lowest BCUT2D eigenvalue weighted by atomic mass is 10.1. The Hall–Kier alpha value is -1.93. The fourth-order valence-electron chi connectivity index (χ4n) is 3.36. The fraction of sp³-hybridized carbons (Fsp3) is 0.455. The highest BCUT2D eigenvalue weighted by Gasteiger charge is 2.30. The van der Waals surface area contributed by atoms with Gasteiger partial charge in [0.25, 0.3) is 0 Å². The lowest BCUT2D eigenvalue weighted by molar-refractivity contribution is 0.0102. The Balaban J connectivity index is 1.56. The molecule has 0 aliphatic carbocycles. The van der Waals surface area contributed by atoms with E-state index < -0.39 is 10.0 Å². The molecule has 1 aliphatic rings. The Morgan fingerprint density at radius 1 is 1.03 bits per heavy atom. The average Bonchev–Trinajstić information content (AvgIpc) is 2.74. The third kappa shape index (κ3) is 5.79. The molecule has 0 saturated carbocycles. The molecule has 158 valence electrons. The second-order valence-corrected chi connectivity index (χ2v) is 9.11. The van der Waals surface area contributed by atoms with Crippen LogP contribution in [0.15, 0.2) is 53.4 Å². The molecule has 1 aliphatic heterocycles. The zero-order valence-corrected chi connectivity index (χ0v) is 17.9. The molecule has 7 heteroatoms. The molecule has 0 radical (unpaired) electrons. The first-order chi connectivity index (χ1) is 14.0. The first-order valence-corrected chi connectivity index (χ1v) is 11.3. The van der Waals surface area contributed by atoms with E-state index in [4.69, 9.17) is 14.2 Å². The van der Waals surface area contributed by atoms with Crippen molar-refractivity contribution in [1.82, 2.24) is 4.31 Å². The Morgan fingerprint density at radius 3 is 2.41 bits per heavy atom. The molecule has 2 aromatic rings. The van der Waals surface area contributed by atoms with Gasteiger partial charge in [0.15, 0.2) is 0 Å². The second-order valence-electron chi connectivity index (χ2n) is 7.17. The van der Waals surface area contributed by atoms with E-state index >= 15 is 0 Å². The predicted molar refractivity (Wildman–Crippen MR) is 112 cm³/mol. The maximum atomic E-state index is 13.0. The van der Waals surface area contributed by atoms with E-state index in [0.29, 0.717) is 56.4 Å². The van der Waals surface area contributed by atoms with Crippen molar-refractivity contribution in [2.45, 2.75) is 37.4 Å². The summed E-state index contributed by atoms with van der Waals surface area (Å²) in [5.41, 5.74) is 1.93. The van der Waals surface area contributed by atoms with Gasteiger partial charge < -0.3 is 14.2 Å². The highest BCUT2D eigenvalue weighted by Crippen LogP contribution is 2.26. The first kappa shape index (κ1) is 21.8. The predicted octanol–water partition coefficient (Wildman–Crippen LogP) is 3.39. The molecule has 2 aromatic carbocycles. The van der Waals surface area contributed by atoms with E-state index in [1.165, 1.54) is 0 Å². The number of ether oxygens (including phenoxy) is 3. The van der Waals surface area contributed by atoms with Gasteiger partial charge in [0.1, 0.15) is 12.4 Å². The van der Waals surface area contributed by atoms with Gasteiger partial charge in [-0.15, -0.1) is 0 Å². The number of benzene rings is 2. The summed E-state index contributed by atoms with van der Waals surface area (Å²) < 4.78 is 44.2. The summed E-state index contributed by atoms with van der Waals surface area (Å²) in [7, 11) is -1.91. The topological polar surface area (TPSA) is 65.1 Å². The third-order valence-corrected chi connectivity index (χ3v) is 6.95. The molecule has 6 nitrogen and oxygen atoms in total. The molecule has 0 unspecified atom stereocenters. The van der Waals surface area contributed by atoms with Crippen molar-refractivity contribution in [2.75, 3.05) is 33.4 Å². The van der Waals surface area contributed by atoms with Gasteiger partial charge in [-0.3, -0.25) is 0 Å². The summed E-state index contributed by atoms with van der Waals surface area (Å²) in [6, 6.07) is 15.0. The van der Waals surface area contributed by atoms with Crippen LogP contribution in [-0.2, 0) is 26.1 Å². The van der Waals surface area contributed by atoms with Gasteiger partial charge in [-0.05, 0) is 49.1 Å². The van der Waals surface area contributed by atoms with Gasteiger partial charge in [0, 0.05) is 20.2 Å². The molecule has 0 bridgehead atoms. The molecular weight excluding hydrogens is 390 g/mol. The Bertz CT molecular complexity index is 877. The molecule has 0 atom stereocenters. The normalized spacial score (nSPS) is 16.1. The molecule has 3 rings (SSSR count). The summed E-state index contributed by atoms with van der Waals surface area (Å²) >= 11 is 0. The van der Waals surface area contributed by atoms with Crippen LogP contribution in [0.5, 0.6) is 5.75 Å². The number of hydrogen-bond acceptors (Lipinski definition) is 5. The van der Waals surface area contributed by atoms with Crippen LogP contribution in [0.25, 0.3) is 0 Å². The Kier molecular flexibility index (Phi) is 7.66. The van der Waals surface area contributed by atoms with Crippen molar-refractivity contribution in [3.8, 4) is 5.75 Å². The number of sulfonamides is 1. The molecule has 1 heterocycles. The van der Waals surface area contributed by atoms with Crippen molar-refractivity contribution in [3.05, 3.63) is 59.7 Å². The van der Waals surface area contributed by atoms with Gasteiger partial charge in [0.05, 0.1) is 24.2 Å². The van der Waals surface area contributed by atoms with Crippen molar-refractivity contribution in [3.63, 3.8) is 0 Å². The third-order valence-electron chi connectivity index (χ3n) is 5.06. The van der Waals surface area contributed by atoms with Crippen LogP contribution in [0, 0.1) is 6.92 Å². The average molecular weight is 420 g/mol. The van der Waals surface area contributed by atoms with Crippen molar-refractivity contribution in [2.24, 2.45) is 0 Å². The fourth-order valence-corrected chi connectivity index (χ4v) is 4.91. The maximum absolute atomic E-state index is 13.0. The van der Waals surface area contributed by atoms with Gasteiger partial charge >= 0.3 is 0 Å². The van der Waals surface area contributed by atoms with Gasteiger partial charge in [-0.2, -0.15) is 4.31 Å². The van der Waals surface area contributed by atoms with Crippen molar-refractivity contribution >= 4 is 10.0 Å². The van der Waals surface area contributed by atoms with E-state index in [0.717, 1.165) is 11.1 Å². The summed E-state index contributed by atoms with van der Waals surface area (Å²) in [6.45, 7) is 4.26. The summed E-state index contributed by atoms with van der Waals surface area (Å²) in [5, 5.41) is 0. The number of nitrogens with zero attached hydrogens (tertiary/aromatic N) is 1. The number of hydrogen-bond donors (Lipinski definition) is 0. The zero-order chi connectivity index (χ0) is 20.7. The number of rotatable bonds is 9. The van der Waals surface area contributed by atoms with Gasteiger partial charge in [-0.1, -0.05) is 30.3 Å². The minimum Gasteiger partial charge on any atom is -0.491 e. The maximum Gasteiger partial charge on any atom is 0.243 e. The molecule has 0 aromatic heterocycles. The summed E-state index contributed by atoms with van der Waals surface area (Å²) in [5.74, 6) is 0.675. The Labute approximate surface area is 173 Å². The van der Waals surface area contributed by atoms with Crippen LogP contribution in [-0.4, -0.2) is 52.2 Å². The summed E-state index contributed by atoms with van der Waals surface area (Å²) in [4.78, 5) is 0.303. The molecule has 1 saturated heterocycles. The monoisotopic (exact) mass is 419 g/mol. The standard InChI is InChI=1S/C22H29NO5S/c1-18-16-21(8-9-22(18)27-15-14-26-2)29(24,25)23-12-10-20(11-13-23)28-17-19-6-4-3-5-7-19/h3-9,16,20H,10-15,17H2,1-2H3. The lowest BCUT2D eigenvalue weighted by Gasteiger charge is -2.31. The molecule has 0 amide bonds. The minimum absolute atomic E-state index is 0.0833. The van der Waals surface area contributed by atoms with Crippen LogP contribution in [0.2, 0.25) is 0 Å². The van der Waals surface area contributed by atoms with Crippen LogP contribution in [0.3, 0.4) is 0 Å². The van der Waals surface area contributed by atoms with E-state index in [1.807, 2.05) is 37.3 Å². The van der Waals surface area contributed by atoms with Crippen molar-refractivity contribution in [1.29, 1.82) is 0 Å². The van der Waals surface area contributed by atoms with E-state index in [9.17, 15) is 8.42 Å². The number of methoxy groups -OCH3 is 1. The van der Waals surface area contributed by atoms with Crippen LogP contribution in [0.1, 0.15) is 24.0 Å². The number of aryl methyl sites for hydroxylation is 1. The highest BCUT2D eigenvalue weighted by molar-refractivity contribution is 7.89. The highest BCUT2D eigenvalue weighted by atomic mass is 32.2. The van der Waals surface area contributed by atoms with Crippen molar-refractivity contribution < 1.29 is 22.6 Å². The lowest BCUT2D eigenvalue weighted by Crippen LogP contribution is -2.40. The zero-order valence-electron chi connectivity index (χ0n) is 17.0. The molecule has 1 fully saturated rings. The van der Waals surface area contributed by atoms with Crippen LogP contribution in [0.4, 0.5) is 0 Å². The quantitative estimate of drug-likeness (QED) is 0.583. The second kappa shape index (κ2) is 10.2. The largest absolute Gasteiger partial charge is 0.491 e. The van der Waals surface area contributed by atoms with Crippen LogP contribution < -0.4 is 4.74 Å². The SMILES string of the molecule is COCCOc1ccc(S(=O)(=O)N2CCC(OCc3ccccc3)CC2)cc1C. The van der Waals surface area contributed by atoms with E-state index in [-0.39, 0.29) is 6.10 Å². The summed E-state index contributed by atoms with van der Waals surface area (Å²) in [6.07, 6.45) is 1.48. The van der Waals surface area contributed by atoms with E-state index in [2.05, 4.69) is 0 Å². The Morgan fingerprint density at radius 2 is 1.76 bits per heavy atom. The molecule has 0 spiro atoms. The molecule has 0 N–H and O–H groups in total.